The van der Waals surface area contributed by atoms with Crippen molar-refractivity contribution in [2.75, 3.05) is 0 Å². The van der Waals surface area contributed by atoms with Crippen LogP contribution in [0, 0.1) is 11.8 Å². The first-order valence-electron chi connectivity index (χ1n) is 5.85. The molecule has 0 radical (unpaired) electrons. The van der Waals surface area contributed by atoms with Gasteiger partial charge in [-0.1, -0.05) is 20.8 Å². The summed E-state index contributed by atoms with van der Waals surface area (Å²) in [7, 11) is 0. The van der Waals surface area contributed by atoms with Crippen LogP contribution in [0.4, 0.5) is 0 Å². The van der Waals surface area contributed by atoms with Crippen LogP contribution in [0.3, 0.4) is 0 Å². The zero-order valence-corrected chi connectivity index (χ0v) is 9.64. The Kier molecular flexibility index (Phi) is 4.24. The van der Waals surface area contributed by atoms with Crippen LogP contribution in [0.1, 0.15) is 53.4 Å². The maximum Gasteiger partial charge on any atom is 0.00698 e. The summed E-state index contributed by atoms with van der Waals surface area (Å²) in [5.74, 6) is 1.73. The van der Waals surface area contributed by atoms with Crippen molar-refractivity contribution in [2.45, 2.75) is 65.5 Å². The third-order valence-electron chi connectivity index (χ3n) is 3.51. The van der Waals surface area contributed by atoms with Gasteiger partial charge < -0.3 is 5.32 Å². The number of hydrogen-bond acceptors (Lipinski definition) is 1. The Morgan fingerprint density at radius 1 is 1.00 bits per heavy atom. The van der Waals surface area contributed by atoms with Crippen LogP contribution >= 0.6 is 0 Å². The van der Waals surface area contributed by atoms with E-state index in [0.717, 1.165) is 17.9 Å². The molecule has 0 aliphatic heterocycles. The SMILES string of the molecule is CC1CCC(N[C@H](C)C(C)C)CC1. The van der Waals surface area contributed by atoms with Gasteiger partial charge in [0.1, 0.15) is 0 Å². The Morgan fingerprint density at radius 2 is 1.54 bits per heavy atom. The molecule has 0 amide bonds. The van der Waals surface area contributed by atoms with Gasteiger partial charge in [-0.15, -0.1) is 0 Å². The summed E-state index contributed by atoms with van der Waals surface area (Å²) in [5, 5.41) is 3.74. The van der Waals surface area contributed by atoms with Crippen LogP contribution in [0.25, 0.3) is 0 Å². The van der Waals surface area contributed by atoms with Crippen molar-refractivity contribution in [1.29, 1.82) is 0 Å². The van der Waals surface area contributed by atoms with Crippen LogP contribution in [-0.4, -0.2) is 12.1 Å². The van der Waals surface area contributed by atoms with Gasteiger partial charge in [0, 0.05) is 12.1 Å². The molecule has 0 saturated heterocycles. The van der Waals surface area contributed by atoms with Crippen molar-refractivity contribution < 1.29 is 0 Å². The molecule has 1 fully saturated rings. The summed E-state index contributed by atoms with van der Waals surface area (Å²) in [6.07, 6.45) is 5.61. The standard InChI is InChI=1S/C12H25N/c1-9(2)11(4)13-12-7-5-10(3)6-8-12/h9-13H,5-8H2,1-4H3/t10?,11-,12?/m1/s1. The molecular formula is C12H25N. The Balaban J connectivity index is 2.22. The molecule has 1 nitrogen and oxygen atoms in total. The number of rotatable bonds is 3. The molecule has 0 aromatic heterocycles. The van der Waals surface area contributed by atoms with Crippen molar-refractivity contribution in [3.8, 4) is 0 Å². The van der Waals surface area contributed by atoms with Gasteiger partial charge >= 0.3 is 0 Å². The predicted molar refractivity (Wildman–Crippen MR) is 58.9 cm³/mol. The van der Waals surface area contributed by atoms with Crippen LogP contribution in [0.2, 0.25) is 0 Å². The quantitative estimate of drug-likeness (QED) is 0.708. The van der Waals surface area contributed by atoms with Crippen LogP contribution in [0.15, 0.2) is 0 Å². The molecule has 0 aromatic carbocycles. The molecule has 13 heavy (non-hydrogen) atoms. The summed E-state index contributed by atoms with van der Waals surface area (Å²) in [5.41, 5.74) is 0. The summed E-state index contributed by atoms with van der Waals surface area (Å²) in [4.78, 5) is 0. The molecule has 1 N–H and O–H groups in total. The van der Waals surface area contributed by atoms with E-state index in [-0.39, 0.29) is 0 Å². The van der Waals surface area contributed by atoms with Crippen molar-refractivity contribution in [1.82, 2.24) is 5.32 Å². The minimum absolute atomic E-state index is 0.679. The summed E-state index contributed by atoms with van der Waals surface area (Å²) in [6, 6.07) is 1.48. The molecule has 1 atom stereocenters. The van der Waals surface area contributed by atoms with Crippen molar-refractivity contribution in [3.05, 3.63) is 0 Å². The Bertz CT molecular complexity index is 134. The highest BCUT2D eigenvalue weighted by Gasteiger charge is 2.20. The molecular weight excluding hydrogens is 158 g/mol. The highest BCUT2D eigenvalue weighted by atomic mass is 14.9. The van der Waals surface area contributed by atoms with E-state index in [1.807, 2.05) is 0 Å². The fraction of sp³-hybridized carbons (Fsp3) is 1.00. The van der Waals surface area contributed by atoms with E-state index in [2.05, 4.69) is 33.0 Å². The first-order valence-corrected chi connectivity index (χ1v) is 5.85. The van der Waals surface area contributed by atoms with Gasteiger partial charge in [0.2, 0.25) is 0 Å². The second-order valence-electron chi connectivity index (χ2n) is 5.16. The molecule has 0 heterocycles. The zero-order chi connectivity index (χ0) is 9.84. The topological polar surface area (TPSA) is 12.0 Å². The highest BCUT2D eigenvalue weighted by Crippen LogP contribution is 2.24. The van der Waals surface area contributed by atoms with Gasteiger partial charge in [-0.2, -0.15) is 0 Å². The molecule has 1 rings (SSSR count). The van der Waals surface area contributed by atoms with Crippen LogP contribution < -0.4 is 5.32 Å². The maximum absolute atomic E-state index is 3.74. The summed E-state index contributed by atoms with van der Waals surface area (Å²) in [6.45, 7) is 9.27. The lowest BCUT2D eigenvalue weighted by atomic mass is 9.86. The average molecular weight is 183 g/mol. The van der Waals surface area contributed by atoms with Gasteiger partial charge in [0.05, 0.1) is 0 Å². The van der Waals surface area contributed by atoms with E-state index < -0.39 is 0 Å². The molecule has 0 spiro atoms. The molecule has 0 bridgehead atoms. The Morgan fingerprint density at radius 3 is 2.00 bits per heavy atom. The van der Waals surface area contributed by atoms with Crippen molar-refractivity contribution in [2.24, 2.45) is 11.8 Å². The van der Waals surface area contributed by atoms with E-state index >= 15 is 0 Å². The second-order valence-corrected chi connectivity index (χ2v) is 5.16. The van der Waals surface area contributed by atoms with Crippen LogP contribution in [0.5, 0.6) is 0 Å². The van der Waals surface area contributed by atoms with Gasteiger partial charge in [0.15, 0.2) is 0 Å². The summed E-state index contributed by atoms with van der Waals surface area (Å²) < 4.78 is 0. The fourth-order valence-corrected chi connectivity index (χ4v) is 1.99. The molecule has 0 unspecified atom stereocenters. The number of nitrogens with one attached hydrogen (secondary N) is 1. The third-order valence-corrected chi connectivity index (χ3v) is 3.51. The van der Waals surface area contributed by atoms with Crippen LogP contribution in [-0.2, 0) is 0 Å². The Labute approximate surface area is 83.3 Å². The van der Waals surface area contributed by atoms with E-state index in [0.29, 0.717) is 6.04 Å². The maximum atomic E-state index is 3.74. The first kappa shape index (κ1) is 11.0. The monoisotopic (exact) mass is 183 g/mol. The first-order chi connectivity index (χ1) is 6.09. The van der Waals surface area contributed by atoms with E-state index in [4.69, 9.17) is 0 Å². The lowest BCUT2D eigenvalue weighted by Gasteiger charge is -2.31. The zero-order valence-electron chi connectivity index (χ0n) is 9.64. The van der Waals surface area contributed by atoms with Gasteiger partial charge in [-0.25, -0.2) is 0 Å². The Hall–Kier alpha value is -0.0400. The van der Waals surface area contributed by atoms with E-state index in [1.54, 1.807) is 0 Å². The highest BCUT2D eigenvalue weighted by molar-refractivity contribution is 4.78. The molecule has 78 valence electrons. The van der Waals surface area contributed by atoms with Gasteiger partial charge in [-0.3, -0.25) is 0 Å². The van der Waals surface area contributed by atoms with Gasteiger partial charge in [0.25, 0.3) is 0 Å². The molecule has 1 aliphatic carbocycles. The normalized spacial score (nSPS) is 32.1. The fourth-order valence-electron chi connectivity index (χ4n) is 1.99. The molecule has 1 aliphatic rings. The lowest BCUT2D eigenvalue weighted by molar-refractivity contribution is 0.271. The second kappa shape index (κ2) is 4.99. The van der Waals surface area contributed by atoms with E-state index in [9.17, 15) is 0 Å². The van der Waals surface area contributed by atoms with Crippen molar-refractivity contribution in [3.63, 3.8) is 0 Å². The van der Waals surface area contributed by atoms with Crippen molar-refractivity contribution >= 4 is 0 Å². The minimum atomic E-state index is 0.679. The molecule has 0 aromatic rings. The van der Waals surface area contributed by atoms with E-state index in [1.165, 1.54) is 25.7 Å². The smallest absolute Gasteiger partial charge is 0.00698 e. The van der Waals surface area contributed by atoms with Gasteiger partial charge in [-0.05, 0) is 44.4 Å². The molecule has 1 saturated carbocycles. The summed E-state index contributed by atoms with van der Waals surface area (Å²) >= 11 is 0. The minimum Gasteiger partial charge on any atom is -0.311 e. The largest absolute Gasteiger partial charge is 0.311 e. The third kappa shape index (κ3) is 3.68. The molecule has 1 heteroatoms. The predicted octanol–water partition coefficient (Wildman–Crippen LogP) is 3.20. The lowest BCUT2D eigenvalue weighted by Crippen LogP contribution is -2.41. The average Bonchev–Trinajstić information content (AvgIpc) is 2.08. The number of hydrogen-bond donors (Lipinski definition) is 1.